The number of carbonyl (C=O) groups is 3. The maximum Gasteiger partial charge on any atom is 0.155 e. The van der Waals surface area contributed by atoms with E-state index in [2.05, 4.69) is 20.8 Å². The second kappa shape index (κ2) is 5.37. The third-order valence-electron chi connectivity index (χ3n) is 8.46. The van der Waals surface area contributed by atoms with E-state index in [9.17, 15) is 14.4 Å². The molecule has 3 fully saturated rings. The molecule has 0 saturated heterocycles. The third kappa shape index (κ3) is 2.20. The zero-order chi connectivity index (χ0) is 18.1. The van der Waals surface area contributed by atoms with Gasteiger partial charge in [-0.1, -0.05) is 26.3 Å². The van der Waals surface area contributed by atoms with Crippen molar-refractivity contribution in [1.29, 1.82) is 0 Å². The molecular formula is C22H30O3. The lowest BCUT2D eigenvalue weighted by molar-refractivity contribution is -0.149. The van der Waals surface area contributed by atoms with Gasteiger partial charge >= 0.3 is 0 Å². The number of ketones is 3. The molecular weight excluding hydrogens is 312 g/mol. The van der Waals surface area contributed by atoms with Gasteiger partial charge in [-0.3, -0.25) is 14.4 Å². The van der Waals surface area contributed by atoms with Gasteiger partial charge in [-0.05, 0) is 67.3 Å². The molecule has 136 valence electrons. The van der Waals surface area contributed by atoms with Crippen LogP contribution in [0.1, 0.15) is 66.2 Å². The third-order valence-corrected chi connectivity index (χ3v) is 8.46. The largest absolute Gasteiger partial charge is 0.300 e. The van der Waals surface area contributed by atoms with Gasteiger partial charge in [0, 0.05) is 24.7 Å². The van der Waals surface area contributed by atoms with Gasteiger partial charge in [0.05, 0.1) is 0 Å². The molecule has 0 aromatic rings. The quantitative estimate of drug-likeness (QED) is 0.719. The van der Waals surface area contributed by atoms with E-state index in [1.54, 1.807) is 6.92 Å². The van der Waals surface area contributed by atoms with Gasteiger partial charge in [-0.2, -0.15) is 0 Å². The first-order valence-electron chi connectivity index (χ1n) is 9.96. The summed E-state index contributed by atoms with van der Waals surface area (Å²) < 4.78 is 0. The van der Waals surface area contributed by atoms with Crippen LogP contribution in [0.4, 0.5) is 0 Å². The average Bonchev–Trinajstić information content (AvgIpc) is 2.85. The van der Waals surface area contributed by atoms with E-state index in [1.165, 1.54) is 5.57 Å². The van der Waals surface area contributed by atoms with Crippen molar-refractivity contribution in [2.45, 2.75) is 66.2 Å². The minimum Gasteiger partial charge on any atom is -0.300 e. The Morgan fingerprint density at radius 3 is 2.60 bits per heavy atom. The Balaban J connectivity index is 1.77. The minimum absolute atomic E-state index is 0.0480. The second-order valence-corrected chi connectivity index (χ2v) is 9.76. The predicted octanol–water partition coefficient (Wildman–Crippen LogP) is 4.15. The molecule has 0 aromatic heterocycles. The Hall–Kier alpha value is -1.25. The number of allylic oxidation sites excluding steroid dienone is 1. The van der Waals surface area contributed by atoms with Gasteiger partial charge in [0.25, 0.3) is 0 Å². The topological polar surface area (TPSA) is 51.2 Å². The molecule has 7 atom stereocenters. The lowest BCUT2D eigenvalue weighted by Gasteiger charge is -2.58. The summed E-state index contributed by atoms with van der Waals surface area (Å²) in [6.07, 6.45) is 6.81. The number of hydrogen-bond donors (Lipinski definition) is 0. The highest BCUT2D eigenvalue weighted by molar-refractivity contribution is 5.93. The van der Waals surface area contributed by atoms with Crippen molar-refractivity contribution in [3.63, 3.8) is 0 Å². The van der Waals surface area contributed by atoms with Crippen LogP contribution in [-0.2, 0) is 14.4 Å². The van der Waals surface area contributed by atoms with Gasteiger partial charge < -0.3 is 0 Å². The molecule has 0 heterocycles. The number of Topliss-reactive ketones (excluding diaryl/α,β-unsaturated/α-hetero) is 2. The fourth-order valence-corrected chi connectivity index (χ4v) is 7.49. The fourth-order valence-electron chi connectivity index (χ4n) is 7.49. The second-order valence-electron chi connectivity index (χ2n) is 9.76. The van der Waals surface area contributed by atoms with Gasteiger partial charge in [0.1, 0.15) is 11.6 Å². The minimum atomic E-state index is -0.150. The van der Waals surface area contributed by atoms with Crippen molar-refractivity contribution in [3.05, 3.63) is 11.6 Å². The normalized spacial score (nSPS) is 49.1. The summed E-state index contributed by atoms with van der Waals surface area (Å²) in [6.45, 7) is 8.37. The SMILES string of the molecule is CC(=O)[C@@H]1CC[C@@H]2[C@@H]3C[C@H](C)C4=CC(=O)CC[C@]4(C)[C@H]3C(=O)C[C@@]21C. The van der Waals surface area contributed by atoms with Crippen molar-refractivity contribution in [2.75, 3.05) is 0 Å². The van der Waals surface area contributed by atoms with Crippen LogP contribution in [0.25, 0.3) is 0 Å². The van der Waals surface area contributed by atoms with Crippen LogP contribution >= 0.6 is 0 Å². The number of fused-ring (bicyclic) bond motifs is 5. The van der Waals surface area contributed by atoms with E-state index in [0.29, 0.717) is 36.4 Å². The molecule has 0 spiro atoms. The van der Waals surface area contributed by atoms with E-state index in [1.807, 2.05) is 6.08 Å². The smallest absolute Gasteiger partial charge is 0.155 e. The summed E-state index contributed by atoms with van der Waals surface area (Å²) >= 11 is 0. The molecule has 3 saturated carbocycles. The zero-order valence-electron chi connectivity index (χ0n) is 15.9. The van der Waals surface area contributed by atoms with E-state index in [0.717, 1.165) is 25.7 Å². The van der Waals surface area contributed by atoms with E-state index in [-0.39, 0.29) is 34.2 Å². The Labute approximate surface area is 150 Å². The highest BCUT2D eigenvalue weighted by atomic mass is 16.1. The summed E-state index contributed by atoms with van der Waals surface area (Å²) in [6, 6.07) is 0. The number of rotatable bonds is 1. The highest BCUT2D eigenvalue weighted by Crippen LogP contribution is 2.66. The fraction of sp³-hybridized carbons (Fsp3) is 0.773. The van der Waals surface area contributed by atoms with Crippen LogP contribution in [0, 0.1) is 40.4 Å². The van der Waals surface area contributed by atoms with Crippen molar-refractivity contribution in [3.8, 4) is 0 Å². The highest BCUT2D eigenvalue weighted by Gasteiger charge is 2.63. The average molecular weight is 342 g/mol. The molecule has 3 heteroatoms. The molecule has 25 heavy (non-hydrogen) atoms. The molecule has 0 radical (unpaired) electrons. The Morgan fingerprint density at radius 2 is 1.92 bits per heavy atom. The summed E-state index contributed by atoms with van der Waals surface area (Å²) in [5.41, 5.74) is 0.928. The molecule has 0 amide bonds. The van der Waals surface area contributed by atoms with E-state index < -0.39 is 0 Å². The Bertz CT molecular complexity index is 689. The van der Waals surface area contributed by atoms with Crippen LogP contribution in [-0.4, -0.2) is 17.3 Å². The molecule has 4 aliphatic carbocycles. The van der Waals surface area contributed by atoms with E-state index >= 15 is 0 Å². The Morgan fingerprint density at radius 1 is 1.20 bits per heavy atom. The first-order chi connectivity index (χ1) is 11.7. The Kier molecular flexibility index (Phi) is 3.69. The lowest BCUT2D eigenvalue weighted by Crippen LogP contribution is -2.56. The summed E-state index contributed by atoms with van der Waals surface area (Å²) in [7, 11) is 0. The molecule has 0 N–H and O–H groups in total. The molecule has 0 bridgehead atoms. The molecule has 0 aromatic carbocycles. The summed E-state index contributed by atoms with van der Waals surface area (Å²) in [5, 5.41) is 0. The molecule has 4 aliphatic rings. The predicted molar refractivity (Wildman–Crippen MR) is 95.8 cm³/mol. The van der Waals surface area contributed by atoms with Gasteiger partial charge in [0.2, 0.25) is 0 Å². The molecule has 4 rings (SSSR count). The van der Waals surface area contributed by atoms with Gasteiger partial charge in [-0.25, -0.2) is 0 Å². The maximum absolute atomic E-state index is 13.4. The van der Waals surface area contributed by atoms with Crippen LogP contribution in [0.15, 0.2) is 11.6 Å². The molecule has 3 nitrogen and oxygen atoms in total. The summed E-state index contributed by atoms with van der Waals surface area (Å²) in [4.78, 5) is 37.6. The number of hydrogen-bond acceptors (Lipinski definition) is 3. The van der Waals surface area contributed by atoms with Gasteiger partial charge in [0.15, 0.2) is 5.78 Å². The van der Waals surface area contributed by atoms with Crippen LogP contribution in [0.3, 0.4) is 0 Å². The first kappa shape index (κ1) is 17.2. The molecule has 0 aliphatic heterocycles. The van der Waals surface area contributed by atoms with E-state index in [4.69, 9.17) is 0 Å². The van der Waals surface area contributed by atoms with Crippen LogP contribution < -0.4 is 0 Å². The van der Waals surface area contributed by atoms with Crippen molar-refractivity contribution >= 4 is 17.3 Å². The van der Waals surface area contributed by atoms with Crippen molar-refractivity contribution in [2.24, 2.45) is 40.4 Å². The molecule has 0 unspecified atom stereocenters. The number of carbonyl (C=O) groups excluding carboxylic acids is 3. The summed E-state index contributed by atoms with van der Waals surface area (Å²) in [5.74, 6) is 2.15. The lowest BCUT2D eigenvalue weighted by atomic mass is 9.45. The monoisotopic (exact) mass is 342 g/mol. The first-order valence-corrected chi connectivity index (χ1v) is 9.96. The maximum atomic E-state index is 13.4. The standard InChI is InChI=1S/C22H30O3/c1-12-9-15-17-6-5-16(13(2)23)22(17,4)11-19(25)20(15)21(3)8-7-14(24)10-18(12)21/h10,12,15-17,20H,5-9,11H2,1-4H3/t12-,15-,16-,17+,20+,21-,22+/m0/s1. The van der Waals surface area contributed by atoms with Crippen molar-refractivity contribution in [1.82, 2.24) is 0 Å². The van der Waals surface area contributed by atoms with Gasteiger partial charge in [-0.15, -0.1) is 0 Å². The van der Waals surface area contributed by atoms with Crippen LogP contribution in [0.2, 0.25) is 0 Å². The van der Waals surface area contributed by atoms with Crippen molar-refractivity contribution < 1.29 is 14.4 Å². The van der Waals surface area contributed by atoms with Crippen LogP contribution in [0.5, 0.6) is 0 Å². The zero-order valence-corrected chi connectivity index (χ0v) is 15.9.